The van der Waals surface area contributed by atoms with E-state index in [-0.39, 0.29) is 27.0 Å². The third-order valence-corrected chi connectivity index (χ3v) is 0.858. The van der Waals surface area contributed by atoms with Crippen molar-refractivity contribution in [1.82, 2.24) is 0 Å². The molecule has 0 spiro atoms. The van der Waals surface area contributed by atoms with Crippen LogP contribution in [0, 0.1) is 13.0 Å². The zero-order valence-electron chi connectivity index (χ0n) is 4.82. The first-order valence-electron chi connectivity index (χ1n) is 2.34. The summed E-state index contributed by atoms with van der Waals surface area (Å²) in [6.07, 6.45) is 8.07. The molecule has 1 aliphatic heterocycles. The summed E-state index contributed by atoms with van der Waals surface area (Å²) in [5, 5.41) is 0. The van der Waals surface area contributed by atoms with E-state index in [2.05, 4.69) is 23.2 Å². The molecule has 1 aliphatic rings. The van der Waals surface area contributed by atoms with Crippen LogP contribution in [0.1, 0.15) is 0 Å². The monoisotopic (exact) mass is 290 g/mol. The SMILES string of the molecule is [CH2-]N=CC1[C-]=NC=C1.[W+2]. The van der Waals surface area contributed by atoms with E-state index in [1.165, 1.54) is 0 Å². The van der Waals surface area contributed by atoms with Gasteiger partial charge >= 0.3 is 21.1 Å². The van der Waals surface area contributed by atoms with Gasteiger partial charge in [-0.25, -0.2) is 0 Å². The van der Waals surface area contributed by atoms with Gasteiger partial charge < -0.3 is 9.98 Å². The third kappa shape index (κ3) is 2.61. The van der Waals surface area contributed by atoms with Crippen molar-refractivity contribution < 1.29 is 21.1 Å². The van der Waals surface area contributed by atoms with Gasteiger partial charge in [-0.05, 0) is 0 Å². The van der Waals surface area contributed by atoms with Crippen LogP contribution in [-0.4, -0.2) is 12.4 Å². The number of hydrogen-bond acceptors (Lipinski definition) is 2. The van der Waals surface area contributed by atoms with Gasteiger partial charge in [0.15, 0.2) is 0 Å². The van der Waals surface area contributed by atoms with Crippen molar-refractivity contribution >= 4 is 12.4 Å². The molecule has 2 nitrogen and oxygen atoms in total. The smallest absolute Gasteiger partial charge is 0.464 e. The summed E-state index contributed by atoms with van der Waals surface area (Å²) in [6.45, 7) is 0. The maximum absolute atomic E-state index is 3.73. The second-order valence-electron chi connectivity index (χ2n) is 1.46. The molecule has 0 aliphatic carbocycles. The molecular weight excluding hydrogens is 284 g/mol. The van der Waals surface area contributed by atoms with Crippen LogP contribution in [0.5, 0.6) is 0 Å². The summed E-state index contributed by atoms with van der Waals surface area (Å²) in [5.74, 6) is 0.160. The van der Waals surface area contributed by atoms with E-state index in [1.54, 1.807) is 12.4 Å². The predicted octanol–water partition coefficient (Wildman–Crippen LogP) is 0.938. The summed E-state index contributed by atoms with van der Waals surface area (Å²) in [4.78, 5) is 7.30. The van der Waals surface area contributed by atoms with Crippen LogP contribution < -0.4 is 0 Å². The van der Waals surface area contributed by atoms with E-state index >= 15 is 0 Å². The Morgan fingerprint density at radius 2 is 2.56 bits per heavy atom. The number of nitrogens with zero attached hydrogens (tertiary/aromatic N) is 2. The molecule has 0 aromatic rings. The normalized spacial score (nSPS) is 22.9. The van der Waals surface area contributed by atoms with Gasteiger partial charge in [-0.2, -0.15) is 25.6 Å². The molecule has 0 aromatic carbocycles. The average molecular weight is 290 g/mol. The molecule has 0 N–H and O–H groups in total. The number of allylic oxidation sites excluding steroid dienone is 1. The fraction of sp³-hybridized carbons (Fsp3) is 0.167. The Morgan fingerprint density at radius 1 is 1.78 bits per heavy atom. The summed E-state index contributed by atoms with van der Waals surface area (Å²) in [5.41, 5.74) is 0. The summed E-state index contributed by atoms with van der Waals surface area (Å²) < 4.78 is 0. The Hall–Kier alpha value is -0.362. The Bertz CT molecular complexity index is 137. The van der Waals surface area contributed by atoms with Crippen LogP contribution in [0.4, 0.5) is 0 Å². The first-order valence-corrected chi connectivity index (χ1v) is 2.34. The molecule has 0 radical (unpaired) electrons. The van der Waals surface area contributed by atoms with Gasteiger partial charge in [0.25, 0.3) is 0 Å². The van der Waals surface area contributed by atoms with Crippen molar-refractivity contribution in [2.45, 2.75) is 0 Å². The quantitative estimate of drug-likeness (QED) is 0.507. The summed E-state index contributed by atoms with van der Waals surface area (Å²) in [7, 11) is 3.30. The van der Waals surface area contributed by atoms with Crippen LogP contribution in [-0.2, 0) is 21.1 Å². The molecule has 1 atom stereocenters. The van der Waals surface area contributed by atoms with Crippen molar-refractivity contribution in [3.63, 3.8) is 0 Å². The first-order chi connectivity index (χ1) is 3.93. The Morgan fingerprint density at radius 3 is 3.00 bits per heavy atom. The molecular formula is C6H6N2W. The van der Waals surface area contributed by atoms with Gasteiger partial charge in [0.1, 0.15) is 0 Å². The van der Waals surface area contributed by atoms with Crippen LogP contribution in [0.15, 0.2) is 22.3 Å². The van der Waals surface area contributed by atoms with E-state index in [0.717, 1.165) is 0 Å². The maximum atomic E-state index is 3.73. The third-order valence-electron chi connectivity index (χ3n) is 0.858. The fourth-order valence-corrected chi connectivity index (χ4v) is 0.504. The maximum Gasteiger partial charge on any atom is 2.00 e. The van der Waals surface area contributed by atoms with Gasteiger partial charge in [-0.3, -0.25) is 0 Å². The molecule has 0 fully saturated rings. The average Bonchev–Trinajstić information content (AvgIpc) is 2.19. The van der Waals surface area contributed by atoms with Crippen molar-refractivity contribution in [2.24, 2.45) is 15.9 Å². The zero-order valence-corrected chi connectivity index (χ0v) is 7.75. The Labute approximate surface area is 69.0 Å². The molecule has 9 heavy (non-hydrogen) atoms. The van der Waals surface area contributed by atoms with Gasteiger partial charge in [0.2, 0.25) is 0 Å². The predicted molar refractivity (Wildman–Crippen MR) is 33.9 cm³/mol. The standard InChI is InChI=1S/C6H6N2.W/c1-7-4-6-2-3-8-5-6;/h2-4,6H,1H2;/q-2;+2. The fourth-order valence-electron chi connectivity index (χ4n) is 0.504. The second-order valence-corrected chi connectivity index (χ2v) is 1.46. The number of aliphatic imine (C=N–C) groups is 2. The zero-order chi connectivity index (χ0) is 5.82. The van der Waals surface area contributed by atoms with Gasteiger partial charge in [-0.1, -0.05) is 0 Å². The minimum absolute atomic E-state index is 0. The molecule has 46 valence electrons. The molecule has 0 saturated heterocycles. The van der Waals surface area contributed by atoms with Crippen LogP contribution in [0.3, 0.4) is 0 Å². The van der Waals surface area contributed by atoms with Gasteiger partial charge in [-0.15, -0.1) is 12.1 Å². The molecule has 1 rings (SSSR count). The second kappa shape index (κ2) is 4.51. The van der Waals surface area contributed by atoms with Crippen LogP contribution in [0.2, 0.25) is 0 Å². The molecule has 0 aromatic heterocycles. The van der Waals surface area contributed by atoms with E-state index < -0.39 is 0 Å². The molecule has 0 saturated carbocycles. The van der Waals surface area contributed by atoms with Crippen LogP contribution in [0.25, 0.3) is 0 Å². The number of rotatable bonds is 1. The van der Waals surface area contributed by atoms with Crippen molar-refractivity contribution in [3.05, 3.63) is 19.3 Å². The van der Waals surface area contributed by atoms with Crippen molar-refractivity contribution in [3.8, 4) is 0 Å². The Balaban J connectivity index is 0.000000640. The summed E-state index contributed by atoms with van der Waals surface area (Å²) in [6, 6.07) is 0. The van der Waals surface area contributed by atoms with Crippen LogP contribution >= 0.6 is 0 Å². The first kappa shape index (κ1) is 8.64. The van der Waals surface area contributed by atoms with Gasteiger partial charge in [0, 0.05) is 0 Å². The van der Waals surface area contributed by atoms with E-state index in [4.69, 9.17) is 0 Å². The topological polar surface area (TPSA) is 24.7 Å². The minimum Gasteiger partial charge on any atom is -0.464 e. The van der Waals surface area contributed by atoms with E-state index in [9.17, 15) is 0 Å². The van der Waals surface area contributed by atoms with Gasteiger partial charge in [0.05, 0.1) is 0 Å². The molecule has 0 bridgehead atoms. The minimum atomic E-state index is 0. The van der Waals surface area contributed by atoms with E-state index in [1.807, 2.05) is 6.08 Å². The molecule has 1 unspecified atom stereocenters. The molecule has 3 heteroatoms. The largest absolute Gasteiger partial charge is 2.00 e. The molecule has 0 amide bonds. The molecule has 1 heterocycles. The number of hydrogen-bond donors (Lipinski definition) is 0. The van der Waals surface area contributed by atoms with E-state index in [0.29, 0.717) is 0 Å². The van der Waals surface area contributed by atoms with Crippen molar-refractivity contribution in [2.75, 3.05) is 0 Å². The Kier molecular flexibility index (Phi) is 4.33. The van der Waals surface area contributed by atoms with Crippen molar-refractivity contribution in [1.29, 1.82) is 0 Å². The summed E-state index contributed by atoms with van der Waals surface area (Å²) >= 11 is 0.